The third-order valence-corrected chi connectivity index (χ3v) is 4.50. The van der Waals surface area contributed by atoms with Gasteiger partial charge in [-0.2, -0.15) is 0 Å². The van der Waals surface area contributed by atoms with Crippen LogP contribution < -0.4 is 10.1 Å². The number of anilines is 1. The Morgan fingerprint density at radius 3 is 2.73 bits per heavy atom. The summed E-state index contributed by atoms with van der Waals surface area (Å²) >= 11 is 0. The number of nitrogens with zero attached hydrogens (tertiary/aromatic N) is 2. The van der Waals surface area contributed by atoms with E-state index < -0.39 is 0 Å². The predicted molar refractivity (Wildman–Crippen MR) is 87.6 cm³/mol. The highest BCUT2D eigenvalue weighted by Gasteiger charge is 2.34. The summed E-state index contributed by atoms with van der Waals surface area (Å²) in [6.45, 7) is 2.25. The van der Waals surface area contributed by atoms with Crippen LogP contribution in [0.5, 0.6) is 5.75 Å². The average molecular weight is 303 g/mol. The van der Waals surface area contributed by atoms with Gasteiger partial charge in [0.15, 0.2) is 0 Å². The fraction of sp³-hybridized carbons (Fsp3) is 0.588. The minimum Gasteiger partial charge on any atom is -0.495 e. The van der Waals surface area contributed by atoms with Crippen molar-refractivity contribution < 1.29 is 9.53 Å². The maximum atomic E-state index is 12.1. The van der Waals surface area contributed by atoms with Gasteiger partial charge in [-0.3, -0.25) is 9.69 Å². The van der Waals surface area contributed by atoms with Crippen LogP contribution in [-0.4, -0.2) is 62.1 Å². The molecule has 0 bridgehead atoms. The number of rotatable bonds is 5. The van der Waals surface area contributed by atoms with Crippen molar-refractivity contribution in [1.82, 2.24) is 9.80 Å². The highest BCUT2D eigenvalue weighted by molar-refractivity contribution is 5.95. The lowest BCUT2D eigenvalue weighted by Gasteiger charge is -2.19. The zero-order valence-electron chi connectivity index (χ0n) is 13.6. The number of methoxy groups -OCH3 is 1. The molecule has 1 aromatic rings. The normalized spacial score (nSPS) is 21.7. The van der Waals surface area contributed by atoms with Crippen molar-refractivity contribution in [3.05, 3.63) is 23.8 Å². The first-order chi connectivity index (χ1) is 10.6. The lowest BCUT2D eigenvalue weighted by atomic mass is 10.1. The third kappa shape index (κ3) is 3.19. The number of likely N-dealkylation sites (tertiary alicyclic amines) is 1. The first-order valence-corrected chi connectivity index (χ1v) is 7.98. The minimum atomic E-state index is 0.0109. The van der Waals surface area contributed by atoms with E-state index in [1.807, 2.05) is 18.2 Å². The second-order valence-corrected chi connectivity index (χ2v) is 6.47. The summed E-state index contributed by atoms with van der Waals surface area (Å²) in [5, 5.41) is 3.57. The van der Waals surface area contributed by atoms with Crippen molar-refractivity contribution in [2.45, 2.75) is 31.3 Å². The second kappa shape index (κ2) is 6.16. The van der Waals surface area contributed by atoms with Gasteiger partial charge < -0.3 is 15.0 Å². The Balaban J connectivity index is 1.73. The molecule has 1 aromatic carbocycles. The SMILES string of the molecule is COc1ccc(C(=O)N(C)C)cc1NC1CCN(C2CC2)C1. The van der Waals surface area contributed by atoms with Crippen molar-refractivity contribution >= 4 is 11.6 Å². The predicted octanol–water partition coefficient (Wildman–Crippen LogP) is 2.05. The highest BCUT2D eigenvalue weighted by atomic mass is 16.5. The molecule has 5 heteroatoms. The molecule has 5 nitrogen and oxygen atoms in total. The molecule has 1 saturated heterocycles. The number of carbonyl (C=O) groups is 1. The molecule has 1 amide bonds. The lowest BCUT2D eigenvalue weighted by Crippen LogP contribution is -2.28. The number of carbonyl (C=O) groups excluding carboxylic acids is 1. The fourth-order valence-corrected chi connectivity index (χ4v) is 3.11. The fourth-order valence-electron chi connectivity index (χ4n) is 3.11. The van der Waals surface area contributed by atoms with Crippen LogP contribution in [0.3, 0.4) is 0 Å². The van der Waals surface area contributed by atoms with Crippen molar-refractivity contribution in [1.29, 1.82) is 0 Å². The quantitative estimate of drug-likeness (QED) is 0.904. The summed E-state index contributed by atoms with van der Waals surface area (Å²) in [7, 11) is 5.20. The first-order valence-electron chi connectivity index (χ1n) is 7.98. The van der Waals surface area contributed by atoms with Crippen molar-refractivity contribution in [2.75, 3.05) is 39.6 Å². The smallest absolute Gasteiger partial charge is 0.253 e. The largest absolute Gasteiger partial charge is 0.495 e. The molecule has 2 aliphatic rings. The Labute approximate surface area is 132 Å². The Morgan fingerprint density at radius 2 is 2.09 bits per heavy atom. The summed E-state index contributed by atoms with van der Waals surface area (Å²) in [6.07, 6.45) is 3.84. The highest BCUT2D eigenvalue weighted by Crippen LogP contribution is 2.32. The zero-order valence-corrected chi connectivity index (χ0v) is 13.6. The molecule has 1 heterocycles. The van der Waals surface area contributed by atoms with Gasteiger partial charge in [0, 0.05) is 44.8 Å². The van der Waals surface area contributed by atoms with Crippen molar-refractivity contribution in [3.63, 3.8) is 0 Å². The van der Waals surface area contributed by atoms with E-state index in [-0.39, 0.29) is 5.91 Å². The summed E-state index contributed by atoms with van der Waals surface area (Å²) in [4.78, 5) is 16.3. The van der Waals surface area contributed by atoms with E-state index in [0.717, 1.165) is 30.4 Å². The van der Waals surface area contributed by atoms with Gasteiger partial charge in [0.05, 0.1) is 12.8 Å². The number of nitrogens with one attached hydrogen (secondary N) is 1. The van der Waals surface area contributed by atoms with Gasteiger partial charge in [0.25, 0.3) is 5.91 Å². The molecule has 120 valence electrons. The van der Waals surface area contributed by atoms with Gasteiger partial charge in [-0.1, -0.05) is 0 Å². The standard InChI is InChI=1S/C17H25N3O2/c1-19(2)17(21)12-4-7-16(22-3)15(10-12)18-13-8-9-20(11-13)14-5-6-14/h4,7,10,13-14,18H,5-6,8-9,11H2,1-3H3. The van der Waals surface area contributed by atoms with Gasteiger partial charge in [-0.05, 0) is 37.5 Å². The molecule has 1 N–H and O–H groups in total. The van der Waals surface area contributed by atoms with E-state index in [1.54, 1.807) is 26.1 Å². The lowest BCUT2D eigenvalue weighted by molar-refractivity contribution is 0.0827. The number of benzene rings is 1. The average Bonchev–Trinajstić information content (AvgIpc) is 3.26. The van der Waals surface area contributed by atoms with Crippen LogP contribution in [-0.2, 0) is 0 Å². The van der Waals surface area contributed by atoms with Gasteiger partial charge in [-0.25, -0.2) is 0 Å². The topological polar surface area (TPSA) is 44.8 Å². The van der Waals surface area contributed by atoms with Crippen LogP contribution in [0.2, 0.25) is 0 Å². The number of ether oxygens (including phenoxy) is 1. The van der Waals surface area contributed by atoms with E-state index in [1.165, 1.54) is 19.4 Å². The molecule has 1 unspecified atom stereocenters. The summed E-state index contributed by atoms with van der Waals surface area (Å²) in [6, 6.07) is 6.83. The zero-order chi connectivity index (χ0) is 15.7. The molecule has 2 fully saturated rings. The van der Waals surface area contributed by atoms with Crippen molar-refractivity contribution in [3.8, 4) is 5.75 Å². The van der Waals surface area contributed by atoms with E-state index in [0.29, 0.717) is 11.6 Å². The van der Waals surface area contributed by atoms with Gasteiger partial charge in [-0.15, -0.1) is 0 Å². The molecule has 1 atom stereocenters. The molecule has 1 aliphatic heterocycles. The number of hydrogen-bond donors (Lipinski definition) is 1. The first kappa shape index (κ1) is 15.2. The van der Waals surface area contributed by atoms with Gasteiger partial charge >= 0.3 is 0 Å². The number of hydrogen-bond acceptors (Lipinski definition) is 4. The summed E-state index contributed by atoms with van der Waals surface area (Å²) in [5.74, 6) is 0.803. The maximum Gasteiger partial charge on any atom is 0.253 e. The summed E-state index contributed by atoms with van der Waals surface area (Å²) < 4.78 is 5.44. The van der Waals surface area contributed by atoms with Gasteiger partial charge in [0.2, 0.25) is 0 Å². The molecule has 1 aliphatic carbocycles. The van der Waals surface area contributed by atoms with E-state index in [4.69, 9.17) is 4.74 Å². The monoisotopic (exact) mass is 303 g/mol. The third-order valence-electron chi connectivity index (χ3n) is 4.50. The van der Waals surface area contributed by atoms with Crippen LogP contribution in [0, 0.1) is 0 Å². The van der Waals surface area contributed by atoms with Crippen LogP contribution >= 0.6 is 0 Å². The molecule has 0 aromatic heterocycles. The Morgan fingerprint density at radius 1 is 1.32 bits per heavy atom. The Kier molecular flexibility index (Phi) is 4.25. The van der Waals surface area contributed by atoms with Gasteiger partial charge in [0.1, 0.15) is 5.75 Å². The van der Waals surface area contributed by atoms with Crippen LogP contribution in [0.15, 0.2) is 18.2 Å². The number of amides is 1. The molecular formula is C17H25N3O2. The second-order valence-electron chi connectivity index (χ2n) is 6.47. The van der Waals surface area contributed by atoms with E-state index >= 15 is 0 Å². The maximum absolute atomic E-state index is 12.1. The molecule has 3 rings (SSSR count). The molecule has 1 saturated carbocycles. The molecule has 0 spiro atoms. The van der Waals surface area contributed by atoms with Crippen LogP contribution in [0.4, 0.5) is 5.69 Å². The minimum absolute atomic E-state index is 0.0109. The van der Waals surface area contributed by atoms with E-state index in [2.05, 4.69) is 10.2 Å². The Bertz CT molecular complexity index is 555. The molecule has 22 heavy (non-hydrogen) atoms. The summed E-state index contributed by atoms with van der Waals surface area (Å²) in [5.41, 5.74) is 1.60. The molecular weight excluding hydrogens is 278 g/mol. The van der Waals surface area contributed by atoms with Crippen molar-refractivity contribution in [2.24, 2.45) is 0 Å². The van der Waals surface area contributed by atoms with Crippen LogP contribution in [0.1, 0.15) is 29.6 Å². The van der Waals surface area contributed by atoms with Crippen LogP contribution in [0.25, 0.3) is 0 Å². The molecule has 0 radical (unpaired) electrons. The Hall–Kier alpha value is -1.75. The van der Waals surface area contributed by atoms with E-state index in [9.17, 15) is 4.79 Å².